The third kappa shape index (κ3) is 2.42. The first kappa shape index (κ1) is 12.8. The highest BCUT2D eigenvalue weighted by Gasteiger charge is 2.19. The molecule has 0 amide bonds. The van der Waals surface area contributed by atoms with Crippen LogP contribution in [0.15, 0.2) is 16.8 Å². The maximum Gasteiger partial charge on any atom is 0.300 e. The van der Waals surface area contributed by atoms with E-state index in [2.05, 4.69) is 25.6 Å². The number of nitro benzene ring substituents is 1. The number of hydrogen-bond donors (Lipinski definition) is 2. The molecule has 1 aliphatic heterocycles. The van der Waals surface area contributed by atoms with Crippen molar-refractivity contribution < 1.29 is 9.55 Å². The predicted octanol–water partition coefficient (Wildman–Crippen LogP) is 1.68. The third-order valence-electron chi connectivity index (χ3n) is 3.56. The van der Waals surface area contributed by atoms with Crippen LogP contribution in [0.1, 0.15) is 19.3 Å². The van der Waals surface area contributed by atoms with Crippen molar-refractivity contribution in [3.8, 4) is 0 Å². The fourth-order valence-electron chi connectivity index (χ4n) is 2.53. The van der Waals surface area contributed by atoms with Crippen LogP contribution in [0.5, 0.6) is 0 Å². The van der Waals surface area contributed by atoms with E-state index in [1.165, 1.54) is 18.9 Å². The zero-order valence-electron chi connectivity index (χ0n) is 10.8. The summed E-state index contributed by atoms with van der Waals surface area (Å²) in [4.78, 5) is 10.4. The Hall–Kier alpha value is -2.22. The van der Waals surface area contributed by atoms with Gasteiger partial charge in [-0.2, -0.15) is 0 Å². The summed E-state index contributed by atoms with van der Waals surface area (Å²) in [5.41, 5.74) is 1.20. The van der Waals surface area contributed by atoms with Crippen LogP contribution in [0.2, 0.25) is 0 Å². The van der Waals surface area contributed by atoms with E-state index in [9.17, 15) is 10.1 Å². The Morgan fingerprint density at radius 1 is 1.45 bits per heavy atom. The molecule has 0 radical (unpaired) electrons. The summed E-state index contributed by atoms with van der Waals surface area (Å²) in [7, 11) is 0. The highest BCUT2D eigenvalue weighted by atomic mass is 16.6. The minimum atomic E-state index is -0.487. The Labute approximate surface area is 114 Å². The zero-order chi connectivity index (χ0) is 13.9. The lowest BCUT2D eigenvalue weighted by molar-refractivity contribution is -0.383. The molecule has 2 heterocycles. The van der Waals surface area contributed by atoms with Crippen molar-refractivity contribution in [1.29, 1.82) is 0 Å². The molecule has 1 saturated heterocycles. The Kier molecular flexibility index (Phi) is 3.46. The molecule has 1 aromatic carbocycles. The molecule has 0 spiro atoms. The van der Waals surface area contributed by atoms with Crippen LogP contribution >= 0.6 is 0 Å². The van der Waals surface area contributed by atoms with Gasteiger partial charge in [-0.3, -0.25) is 10.1 Å². The highest BCUT2D eigenvalue weighted by Crippen LogP contribution is 2.28. The molecule has 2 aromatic rings. The van der Waals surface area contributed by atoms with E-state index in [1.807, 2.05) is 0 Å². The van der Waals surface area contributed by atoms with E-state index in [1.54, 1.807) is 6.07 Å². The topological polar surface area (TPSA) is 106 Å². The summed E-state index contributed by atoms with van der Waals surface area (Å²) >= 11 is 0. The lowest BCUT2D eigenvalue weighted by Crippen LogP contribution is -2.24. The largest absolute Gasteiger partial charge is 0.383 e. The molecule has 1 aliphatic rings. The monoisotopic (exact) mass is 277 g/mol. The van der Waals surface area contributed by atoms with Gasteiger partial charge in [0.1, 0.15) is 0 Å². The van der Waals surface area contributed by atoms with Crippen LogP contribution in [-0.2, 0) is 0 Å². The lowest BCUT2D eigenvalue weighted by atomic mass is 10.1. The maximum absolute atomic E-state index is 10.9. The van der Waals surface area contributed by atoms with Crippen molar-refractivity contribution in [3.63, 3.8) is 0 Å². The number of aromatic nitrogens is 2. The van der Waals surface area contributed by atoms with E-state index in [0.29, 0.717) is 17.2 Å². The number of benzene rings is 1. The van der Waals surface area contributed by atoms with E-state index in [0.717, 1.165) is 19.5 Å². The Morgan fingerprint density at radius 2 is 2.30 bits per heavy atom. The molecule has 1 fully saturated rings. The second-order valence-electron chi connectivity index (χ2n) is 4.86. The average molecular weight is 277 g/mol. The Morgan fingerprint density at radius 3 is 3.05 bits per heavy atom. The summed E-state index contributed by atoms with van der Waals surface area (Å²) in [6.45, 7) is 1.86. The normalized spacial score (nSPS) is 18.5. The van der Waals surface area contributed by atoms with Crippen LogP contribution < -0.4 is 10.6 Å². The van der Waals surface area contributed by atoms with Gasteiger partial charge in [-0.15, -0.1) is 0 Å². The molecule has 1 atom stereocenters. The number of nitro groups is 1. The van der Waals surface area contributed by atoms with E-state index < -0.39 is 4.92 Å². The van der Waals surface area contributed by atoms with Gasteiger partial charge in [0, 0.05) is 18.7 Å². The van der Waals surface area contributed by atoms with E-state index in [-0.39, 0.29) is 11.2 Å². The summed E-state index contributed by atoms with van der Waals surface area (Å²) in [6.07, 6.45) is 3.42. The van der Waals surface area contributed by atoms with Gasteiger partial charge in [0.05, 0.1) is 10.6 Å². The minimum Gasteiger partial charge on any atom is -0.383 e. The number of nitrogens with zero attached hydrogens (tertiary/aromatic N) is 3. The fourth-order valence-corrected chi connectivity index (χ4v) is 2.53. The molecule has 2 N–H and O–H groups in total. The third-order valence-corrected chi connectivity index (χ3v) is 3.56. The summed E-state index contributed by atoms with van der Waals surface area (Å²) in [6, 6.07) is 3.61. The Bertz CT molecular complexity index is 621. The fraction of sp³-hybridized carbons (Fsp3) is 0.500. The van der Waals surface area contributed by atoms with Gasteiger partial charge in [0.2, 0.25) is 5.52 Å². The van der Waals surface area contributed by atoms with Crippen LogP contribution in [0, 0.1) is 10.1 Å². The van der Waals surface area contributed by atoms with Crippen LogP contribution in [0.25, 0.3) is 11.0 Å². The first-order valence-electron chi connectivity index (χ1n) is 6.62. The van der Waals surface area contributed by atoms with E-state index >= 15 is 0 Å². The SMILES string of the molecule is O=[N+]([O-])c1ccc(NCC[C@@H]2CCCN2)c2nonc12. The van der Waals surface area contributed by atoms with Gasteiger partial charge < -0.3 is 10.6 Å². The molecule has 0 aliphatic carbocycles. The van der Waals surface area contributed by atoms with Gasteiger partial charge in [0.15, 0.2) is 5.52 Å². The summed E-state index contributed by atoms with van der Waals surface area (Å²) in [5.74, 6) is 0. The maximum atomic E-state index is 10.9. The number of hydrogen-bond acceptors (Lipinski definition) is 7. The number of anilines is 1. The van der Waals surface area contributed by atoms with Crippen LogP contribution in [0.3, 0.4) is 0 Å². The van der Waals surface area contributed by atoms with E-state index in [4.69, 9.17) is 0 Å². The highest BCUT2D eigenvalue weighted by molar-refractivity contribution is 5.93. The molecule has 1 aromatic heterocycles. The number of non-ortho nitro benzene ring substituents is 1. The second kappa shape index (κ2) is 5.41. The van der Waals surface area contributed by atoms with Crippen LogP contribution in [-0.4, -0.2) is 34.4 Å². The predicted molar refractivity (Wildman–Crippen MR) is 72.6 cm³/mol. The minimum absolute atomic E-state index is 0.0933. The van der Waals surface area contributed by atoms with Crippen molar-refractivity contribution in [2.45, 2.75) is 25.3 Å². The molecule has 8 heteroatoms. The smallest absolute Gasteiger partial charge is 0.300 e. The summed E-state index contributed by atoms with van der Waals surface area (Å²) in [5, 5.41) is 24.9. The number of fused-ring (bicyclic) bond motifs is 1. The molecule has 20 heavy (non-hydrogen) atoms. The van der Waals surface area contributed by atoms with Crippen molar-refractivity contribution in [2.75, 3.05) is 18.4 Å². The molecule has 8 nitrogen and oxygen atoms in total. The standard InChI is InChI=1S/C12H15N5O3/c18-17(19)10-4-3-9(11-12(10)16-20-15-11)14-7-5-8-2-1-6-13-8/h3-4,8,13-14H,1-2,5-7H2/t8-/m0/s1. The zero-order valence-corrected chi connectivity index (χ0v) is 10.8. The molecule has 0 bridgehead atoms. The molecular formula is C12H15N5O3. The molecule has 3 rings (SSSR count). The molecule has 106 valence electrons. The lowest BCUT2D eigenvalue weighted by Gasteiger charge is -2.11. The van der Waals surface area contributed by atoms with Gasteiger partial charge in [-0.1, -0.05) is 0 Å². The molecular weight excluding hydrogens is 262 g/mol. The van der Waals surface area contributed by atoms with Crippen molar-refractivity contribution >= 4 is 22.4 Å². The second-order valence-corrected chi connectivity index (χ2v) is 4.86. The quantitative estimate of drug-likeness (QED) is 0.632. The van der Waals surface area contributed by atoms with Gasteiger partial charge in [-0.25, -0.2) is 4.63 Å². The van der Waals surface area contributed by atoms with Crippen molar-refractivity contribution in [1.82, 2.24) is 15.6 Å². The first-order chi connectivity index (χ1) is 9.75. The van der Waals surface area contributed by atoms with Gasteiger partial charge >= 0.3 is 5.69 Å². The molecule has 0 saturated carbocycles. The van der Waals surface area contributed by atoms with Crippen molar-refractivity contribution in [2.24, 2.45) is 0 Å². The molecule has 0 unspecified atom stereocenters. The number of nitrogens with one attached hydrogen (secondary N) is 2. The van der Waals surface area contributed by atoms with Gasteiger partial charge in [0.25, 0.3) is 0 Å². The van der Waals surface area contributed by atoms with Gasteiger partial charge in [-0.05, 0) is 42.2 Å². The summed E-state index contributed by atoms with van der Waals surface area (Å²) < 4.78 is 4.62. The van der Waals surface area contributed by atoms with Crippen molar-refractivity contribution in [3.05, 3.63) is 22.2 Å². The first-order valence-corrected chi connectivity index (χ1v) is 6.62. The van der Waals surface area contributed by atoms with Crippen LogP contribution in [0.4, 0.5) is 11.4 Å². The number of rotatable bonds is 5. The Balaban J connectivity index is 1.73. The average Bonchev–Trinajstić information content (AvgIpc) is 3.09.